The van der Waals surface area contributed by atoms with Crippen molar-refractivity contribution in [3.8, 4) is 5.75 Å². The number of aryl methyl sites for hydroxylation is 1. The topological polar surface area (TPSA) is 87.1 Å². The molecule has 216 valence electrons. The van der Waals surface area contributed by atoms with Gasteiger partial charge in [0, 0.05) is 44.4 Å². The van der Waals surface area contributed by atoms with Gasteiger partial charge in [0.2, 0.25) is 5.91 Å². The van der Waals surface area contributed by atoms with Crippen molar-refractivity contribution in [3.63, 3.8) is 0 Å². The summed E-state index contributed by atoms with van der Waals surface area (Å²) in [4.78, 5) is 27.0. The number of benzene rings is 2. The van der Waals surface area contributed by atoms with Crippen LogP contribution in [0.3, 0.4) is 0 Å². The summed E-state index contributed by atoms with van der Waals surface area (Å²) in [6.45, 7) is 8.99. The summed E-state index contributed by atoms with van der Waals surface area (Å²) in [5.74, 6) is -1.46. The Morgan fingerprint density at radius 2 is 2.02 bits per heavy atom. The fourth-order valence-electron chi connectivity index (χ4n) is 5.19. The van der Waals surface area contributed by atoms with Gasteiger partial charge in [-0.1, -0.05) is 60.1 Å². The van der Waals surface area contributed by atoms with Gasteiger partial charge in [-0.2, -0.15) is 18.6 Å². The van der Waals surface area contributed by atoms with E-state index in [1.165, 1.54) is 17.7 Å². The third-order valence-electron chi connectivity index (χ3n) is 7.66. The SMILES string of the molecule is [CH2-]CCC/C=C/CN(C(=O)CC(O)(C(=O)O)c1c[c-]c(OC[C@@]2([CH2-])CCCc3cc(Cl)ccc32)cc1)C1CC1.[W]. The van der Waals surface area contributed by atoms with Crippen LogP contribution in [0.4, 0.5) is 0 Å². The number of unbranched alkanes of at least 4 members (excludes halogenated alkanes) is 2. The third kappa shape index (κ3) is 7.78. The number of carbonyl (C=O) groups excluding carboxylic acids is 1. The van der Waals surface area contributed by atoms with E-state index in [0.29, 0.717) is 23.9 Å². The summed E-state index contributed by atoms with van der Waals surface area (Å²) < 4.78 is 6.03. The number of amides is 1. The van der Waals surface area contributed by atoms with Gasteiger partial charge in [-0.05, 0) is 43.4 Å². The number of rotatable bonds is 13. The molecule has 40 heavy (non-hydrogen) atoms. The number of carboxylic acids is 1. The van der Waals surface area contributed by atoms with E-state index < -0.39 is 23.4 Å². The van der Waals surface area contributed by atoms with Gasteiger partial charge in [0.15, 0.2) is 5.60 Å². The Hall–Kier alpha value is -2.14. The predicted octanol–water partition coefficient (Wildman–Crippen LogP) is 5.84. The molecule has 0 saturated heterocycles. The molecule has 1 saturated carbocycles. The molecule has 8 heteroatoms. The van der Waals surface area contributed by atoms with E-state index in [1.54, 1.807) is 11.0 Å². The van der Waals surface area contributed by atoms with Crippen LogP contribution in [-0.4, -0.2) is 46.2 Å². The second kappa shape index (κ2) is 14.2. The first kappa shape index (κ1) is 32.4. The van der Waals surface area contributed by atoms with E-state index in [9.17, 15) is 19.8 Å². The molecule has 0 bridgehead atoms. The van der Waals surface area contributed by atoms with E-state index >= 15 is 0 Å². The monoisotopic (exact) mass is 734 g/mol. The van der Waals surface area contributed by atoms with Crippen molar-refractivity contribution in [1.29, 1.82) is 0 Å². The second-order valence-corrected chi connectivity index (χ2v) is 11.2. The number of aliphatic carboxylic acids is 1. The van der Waals surface area contributed by atoms with Crippen molar-refractivity contribution in [3.05, 3.63) is 90.2 Å². The normalized spacial score (nSPS) is 19.8. The van der Waals surface area contributed by atoms with Gasteiger partial charge in [0.25, 0.3) is 0 Å². The summed E-state index contributed by atoms with van der Waals surface area (Å²) in [5.41, 5.74) is -0.429. The summed E-state index contributed by atoms with van der Waals surface area (Å²) in [7, 11) is 0. The first-order valence-electron chi connectivity index (χ1n) is 13.6. The molecule has 0 aromatic heterocycles. The standard InChI is InChI=1S/C32H37ClNO5.W/c1-3-4-5-6-7-19-34(26-13-14-26)29(35)21-32(38,30(36)37)24-10-15-27(16-11-24)39-22-31(2)18-8-9-23-20-25(33)12-17-28(23)31;/h6-7,10-12,15,17,20,26,38H,1-5,8-9,13-14,18-19,21-22H2,(H,36,37);/q-3;/b7-6+;/t31-,32?;/m1./s1. The van der Waals surface area contributed by atoms with Crippen molar-refractivity contribution >= 4 is 23.5 Å². The fraction of sp³-hybridized carbons (Fsp3) is 0.438. The van der Waals surface area contributed by atoms with Gasteiger partial charge in [-0.15, -0.1) is 17.7 Å². The Morgan fingerprint density at radius 1 is 1.25 bits per heavy atom. The Bertz CT molecular complexity index is 1200. The largest absolute Gasteiger partial charge is 0.521 e. The third-order valence-corrected chi connectivity index (χ3v) is 7.90. The van der Waals surface area contributed by atoms with Crippen LogP contribution in [0.5, 0.6) is 5.75 Å². The summed E-state index contributed by atoms with van der Waals surface area (Å²) in [6.07, 6.45) is 10.7. The number of carbonyl (C=O) groups is 2. The van der Waals surface area contributed by atoms with Crippen LogP contribution in [-0.2, 0) is 48.1 Å². The Labute approximate surface area is 257 Å². The number of hydrogen-bond acceptors (Lipinski definition) is 4. The molecule has 0 spiro atoms. The molecule has 1 fully saturated rings. The van der Waals surface area contributed by atoms with Crippen molar-refractivity contribution in [1.82, 2.24) is 4.90 Å². The van der Waals surface area contributed by atoms with Crippen LogP contribution in [0.25, 0.3) is 0 Å². The van der Waals surface area contributed by atoms with Gasteiger partial charge in [0.05, 0.1) is 13.0 Å². The molecule has 2 aromatic rings. The number of fused-ring (bicyclic) bond motifs is 1. The first-order chi connectivity index (χ1) is 18.7. The van der Waals surface area contributed by atoms with Crippen molar-refractivity contribution < 1.29 is 45.6 Å². The molecule has 2 atom stereocenters. The number of hydrogen-bond donors (Lipinski definition) is 2. The van der Waals surface area contributed by atoms with Crippen LogP contribution in [0, 0.1) is 19.9 Å². The van der Waals surface area contributed by atoms with Crippen molar-refractivity contribution in [2.75, 3.05) is 13.2 Å². The minimum atomic E-state index is -2.37. The molecule has 0 aliphatic heterocycles. The zero-order chi connectivity index (χ0) is 28.0. The van der Waals surface area contributed by atoms with Gasteiger partial charge in [0.1, 0.15) is 0 Å². The zero-order valence-electron chi connectivity index (χ0n) is 22.7. The van der Waals surface area contributed by atoms with Gasteiger partial charge < -0.3 is 33.7 Å². The van der Waals surface area contributed by atoms with Gasteiger partial charge in [-0.25, -0.2) is 4.79 Å². The molecule has 2 aliphatic carbocycles. The Balaban J connectivity index is 0.00000441. The van der Waals surface area contributed by atoms with E-state index in [-0.39, 0.29) is 38.6 Å². The number of aliphatic hydroxyl groups is 1. The number of ether oxygens (including phenoxy) is 1. The maximum Gasteiger partial charge on any atom is 0.328 e. The quantitative estimate of drug-likeness (QED) is 0.154. The zero-order valence-corrected chi connectivity index (χ0v) is 26.4. The van der Waals surface area contributed by atoms with E-state index in [0.717, 1.165) is 56.9 Å². The van der Waals surface area contributed by atoms with Gasteiger partial charge >= 0.3 is 5.97 Å². The number of halogens is 1. The van der Waals surface area contributed by atoms with Crippen molar-refractivity contribution in [2.45, 2.75) is 74.8 Å². The maximum absolute atomic E-state index is 13.1. The van der Waals surface area contributed by atoms with Crippen LogP contribution < -0.4 is 4.74 Å². The van der Waals surface area contributed by atoms with Gasteiger partial charge in [-0.3, -0.25) is 4.79 Å². The van der Waals surface area contributed by atoms with Crippen LogP contribution in [0.15, 0.2) is 48.6 Å². The average molecular weight is 735 g/mol. The number of carboxylic acid groups (broad SMARTS) is 1. The van der Waals surface area contributed by atoms with Crippen LogP contribution in [0.2, 0.25) is 5.02 Å². The molecule has 2 N–H and O–H groups in total. The summed E-state index contributed by atoms with van der Waals surface area (Å²) in [6, 6.07) is 13.3. The molecule has 1 amide bonds. The second-order valence-electron chi connectivity index (χ2n) is 10.8. The first-order valence-corrected chi connectivity index (χ1v) is 14.0. The minimum Gasteiger partial charge on any atom is -0.521 e. The molecule has 0 heterocycles. The molecule has 2 aliphatic rings. The molecule has 4 rings (SSSR count). The average Bonchev–Trinajstić information content (AvgIpc) is 3.75. The molecule has 2 aromatic carbocycles. The molecule has 6 nitrogen and oxygen atoms in total. The summed E-state index contributed by atoms with van der Waals surface area (Å²) in [5, 5.41) is 21.8. The fourth-order valence-corrected chi connectivity index (χ4v) is 5.39. The molecular formula is C32H37ClNO5W-3. The smallest absolute Gasteiger partial charge is 0.328 e. The van der Waals surface area contributed by atoms with Crippen LogP contribution >= 0.6 is 11.6 Å². The number of nitrogens with zero attached hydrogens (tertiary/aromatic N) is 1. The molecular weight excluding hydrogens is 698 g/mol. The summed E-state index contributed by atoms with van der Waals surface area (Å²) >= 11 is 6.18. The molecule has 0 radical (unpaired) electrons. The van der Waals surface area contributed by atoms with E-state index in [4.69, 9.17) is 16.3 Å². The predicted molar refractivity (Wildman–Crippen MR) is 151 cm³/mol. The molecule has 1 unspecified atom stereocenters. The van der Waals surface area contributed by atoms with E-state index in [1.807, 2.05) is 30.4 Å². The van der Waals surface area contributed by atoms with E-state index in [2.05, 4.69) is 19.9 Å². The van der Waals surface area contributed by atoms with Crippen molar-refractivity contribution in [2.24, 2.45) is 0 Å². The Kier molecular flexibility index (Phi) is 11.5. The number of allylic oxidation sites excluding steroid dienone is 1. The Morgan fingerprint density at radius 3 is 2.67 bits per heavy atom. The van der Waals surface area contributed by atoms with Crippen LogP contribution in [0.1, 0.15) is 68.1 Å². The maximum atomic E-state index is 13.1. The minimum absolute atomic E-state index is 0.